The molecule has 0 aliphatic carbocycles. The molecule has 2 saturated heterocycles. The fraction of sp³-hybridized carbons (Fsp3) is 0.933. The Morgan fingerprint density at radius 1 is 1.09 bits per heavy atom. The van der Waals surface area contributed by atoms with E-state index in [-0.39, 0.29) is 12.1 Å². The van der Waals surface area contributed by atoms with Crippen LogP contribution in [0.4, 0.5) is 18.0 Å². The third-order valence-electron chi connectivity index (χ3n) is 4.14. The molecule has 0 aromatic rings. The van der Waals surface area contributed by atoms with Gasteiger partial charge < -0.3 is 9.64 Å². The molecule has 0 aromatic heterocycles. The highest BCUT2D eigenvalue weighted by Gasteiger charge is 2.36. The van der Waals surface area contributed by atoms with Crippen molar-refractivity contribution in [2.75, 3.05) is 45.8 Å². The smallest absolute Gasteiger partial charge is 0.410 e. The number of carbonyl (C=O) groups is 1. The van der Waals surface area contributed by atoms with E-state index in [1.165, 1.54) is 4.90 Å². The summed E-state index contributed by atoms with van der Waals surface area (Å²) < 4.78 is 42.6. The summed E-state index contributed by atoms with van der Waals surface area (Å²) in [7, 11) is 0. The molecule has 1 amide bonds. The Balaban J connectivity index is 1.77. The highest BCUT2D eigenvalue weighted by atomic mass is 19.4. The summed E-state index contributed by atoms with van der Waals surface area (Å²) >= 11 is 0. The van der Waals surface area contributed by atoms with Crippen LogP contribution in [-0.4, -0.2) is 84.4 Å². The van der Waals surface area contributed by atoms with Gasteiger partial charge in [0.15, 0.2) is 0 Å². The van der Waals surface area contributed by atoms with Crippen LogP contribution in [0.25, 0.3) is 0 Å². The van der Waals surface area contributed by atoms with E-state index in [4.69, 9.17) is 4.74 Å². The molecule has 2 rings (SSSR count). The number of rotatable bonds is 2. The van der Waals surface area contributed by atoms with Gasteiger partial charge in [0.25, 0.3) is 0 Å². The van der Waals surface area contributed by atoms with E-state index < -0.39 is 18.3 Å². The van der Waals surface area contributed by atoms with Crippen molar-refractivity contribution in [3.63, 3.8) is 0 Å². The van der Waals surface area contributed by atoms with Gasteiger partial charge in [-0.2, -0.15) is 13.2 Å². The van der Waals surface area contributed by atoms with Gasteiger partial charge in [-0.15, -0.1) is 0 Å². The maximum atomic E-state index is 12.4. The lowest BCUT2D eigenvalue weighted by molar-refractivity contribution is -0.149. The first-order chi connectivity index (χ1) is 10.5. The molecule has 2 heterocycles. The summed E-state index contributed by atoms with van der Waals surface area (Å²) in [6, 6.07) is 0.218. The van der Waals surface area contributed by atoms with Crippen molar-refractivity contribution in [2.24, 2.45) is 0 Å². The van der Waals surface area contributed by atoms with Crippen molar-refractivity contribution >= 4 is 6.09 Å². The molecular weight excluding hydrogens is 311 g/mol. The quantitative estimate of drug-likeness (QED) is 0.774. The average Bonchev–Trinajstić information content (AvgIpc) is 2.85. The summed E-state index contributed by atoms with van der Waals surface area (Å²) in [4.78, 5) is 17.4. The number of piperazine rings is 1. The fourth-order valence-corrected chi connectivity index (χ4v) is 3.07. The molecule has 5 nitrogen and oxygen atoms in total. The largest absolute Gasteiger partial charge is 0.444 e. The summed E-state index contributed by atoms with van der Waals surface area (Å²) in [6.45, 7) is 7.96. The topological polar surface area (TPSA) is 36.0 Å². The molecule has 0 saturated carbocycles. The van der Waals surface area contributed by atoms with E-state index >= 15 is 0 Å². The van der Waals surface area contributed by atoms with Crippen molar-refractivity contribution < 1.29 is 22.7 Å². The van der Waals surface area contributed by atoms with E-state index in [1.54, 1.807) is 4.90 Å². The fourth-order valence-electron chi connectivity index (χ4n) is 3.07. The van der Waals surface area contributed by atoms with Gasteiger partial charge in [0, 0.05) is 45.3 Å². The Hall–Kier alpha value is -1.02. The minimum Gasteiger partial charge on any atom is -0.444 e. The predicted molar refractivity (Wildman–Crippen MR) is 80.3 cm³/mol. The first-order valence-electron chi connectivity index (χ1n) is 8.04. The van der Waals surface area contributed by atoms with Crippen molar-refractivity contribution in [3.05, 3.63) is 0 Å². The molecule has 0 aromatic carbocycles. The van der Waals surface area contributed by atoms with Crippen LogP contribution in [-0.2, 0) is 4.74 Å². The summed E-state index contributed by atoms with van der Waals surface area (Å²) in [5, 5.41) is 0. The first-order valence-corrected chi connectivity index (χ1v) is 8.04. The van der Waals surface area contributed by atoms with Crippen molar-refractivity contribution in [1.29, 1.82) is 0 Å². The van der Waals surface area contributed by atoms with Crippen molar-refractivity contribution in [1.82, 2.24) is 14.7 Å². The molecule has 2 fully saturated rings. The van der Waals surface area contributed by atoms with Gasteiger partial charge >= 0.3 is 12.3 Å². The number of halogens is 3. The maximum Gasteiger partial charge on any atom is 0.410 e. The molecule has 0 N–H and O–H groups in total. The van der Waals surface area contributed by atoms with Gasteiger partial charge in [-0.3, -0.25) is 9.80 Å². The Morgan fingerprint density at radius 3 is 2.22 bits per heavy atom. The van der Waals surface area contributed by atoms with Gasteiger partial charge in [-0.1, -0.05) is 0 Å². The lowest BCUT2D eigenvalue weighted by Gasteiger charge is -2.38. The van der Waals surface area contributed by atoms with Gasteiger partial charge in [0.1, 0.15) is 5.60 Å². The number of hydrogen-bond acceptors (Lipinski definition) is 4. The number of amides is 1. The minimum atomic E-state index is -4.14. The van der Waals surface area contributed by atoms with E-state index in [0.717, 1.165) is 6.42 Å². The van der Waals surface area contributed by atoms with E-state index in [9.17, 15) is 18.0 Å². The number of hydrogen-bond donors (Lipinski definition) is 0. The number of nitrogens with zero attached hydrogens (tertiary/aromatic N) is 3. The molecule has 8 heteroatoms. The minimum absolute atomic E-state index is 0.218. The molecule has 0 radical (unpaired) electrons. The Bertz CT molecular complexity index is 415. The second kappa shape index (κ2) is 6.84. The molecule has 0 unspecified atom stereocenters. The van der Waals surface area contributed by atoms with Gasteiger partial charge in [0.2, 0.25) is 0 Å². The number of likely N-dealkylation sites (tertiary alicyclic amines) is 1. The van der Waals surface area contributed by atoms with Crippen LogP contribution < -0.4 is 0 Å². The normalized spacial score (nSPS) is 25.0. The summed E-state index contributed by atoms with van der Waals surface area (Å²) in [5.74, 6) is 0. The average molecular weight is 337 g/mol. The Kier molecular flexibility index (Phi) is 5.45. The molecule has 0 spiro atoms. The van der Waals surface area contributed by atoms with E-state index in [2.05, 4.69) is 4.90 Å². The third kappa shape index (κ3) is 5.84. The maximum absolute atomic E-state index is 12.4. The summed E-state index contributed by atoms with van der Waals surface area (Å²) in [6.07, 6.45) is -3.60. The number of carbonyl (C=O) groups excluding carboxylic acids is 1. The van der Waals surface area contributed by atoms with Crippen LogP contribution >= 0.6 is 0 Å². The highest BCUT2D eigenvalue weighted by molar-refractivity contribution is 5.68. The van der Waals surface area contributed by atoms with Crippen molar-refractivity contribution in [3.8, 4) is 0 Å². The molecule has 23 heavy (non-hydrogen) atoms. The number of alkyl halides is 3. The molecule has 134 valence electrons. The van der Waals surface area contributed by atoms with Gasteiger partial charge in [0.05, 0.1) is 6.54 Å². The zero-order chi connectivity index (χ0) is 17.3. The summed E-state index contributed by atoms with van der Waals surface area (Å²) in [5.41, 5.74) is -0.515. The standard InChI is InChI=1S/C15H26F3N3O2/c1-14(2,3)23-13(22)21-5-4-12(10-21)20-8-6-19(7-9-20)11-15(16,17)18/h12H,4-11H2,1-3H3/t12-/m1/s1. The zero-order valence-corrected chi connectivity index (χ0v) is 14.0. The Labute approximate surface area is 135 Å². The van der Waals surface area contributed by atoms with Crippen LogP contribution in [0, 0.1) is 0 Å². The van der Waals surface area contributed by atoms with E-state index in [0.29, 0.717) is 39.3 Å². The zero-order valence-electron chi connectivity index (χ0n) is 14.0. The predicted octanol–water partition coefficient (Wildman–Crippen LogP) is 2.18. The van der Waals surface area contributed by atoms with Crippen LogP contribution in [0.1, 0.15) is 27.2 Å². The van der Waals surface area contributed by atoms with Crippen LogP contribution in [0.2, 0.25) is 0 Å². The van der Waals surface area contributed by atoms with Crippen LogP contribution in [0.5, 0.6) is 0 Å². The van der Waals surface area contributed by atoms with Gasteiger partial charge in [-0.25, -0.2) is 4.79 Å². The second-order valence-electron chi connectivity index (χ2n) is 7.30. The molecule has 2 aliphatic rings. The molecule has 2 aliphatic heterocycles. The van der Waals surface area contributed by atoms with Crippen molar-refractivity contribution in [2.45, 2.75) is 45.0 Å². The molecule has 1 atom stereocenters. The molecular formula is C15H26F3N3O2. The molecule has 0 bridgehead atoms. The first kappa shape index (κ1) is 18.3. The van der Waals surface area contributed by atoms with Crippen LogP contribution in [0.15, 0.2) is 0 Å². The SMILES string of the molecule is CC(C)(C)OC(=O)N1CC[C@@H](N2CCN(CC(F)(F)F)CC2)C1. The number of ether oxygens (including phenoxy) is 1. The highest BCUT2D eigenvalue weighted by Crippen LogP contribution is 2.22. The Morgan fingerprint density at radius 2 is 1.70 bits per heavy atom. The van der Waals surface area contributed by atoms with Crippen LogP contribution in [0.3, 0.4) is 0 Å². The van der Waals surface area contributed by atoms with Gasteiger partial charge in [-0.05, 0) is 27.2 Å². The lowest BCUT2D eigenvalue weighted by Crippen LogP contribution is -2.52. The third-order valence-corrected chi connectivity index (χ3v) is 4.14. The monoisotopic (exact) mass is 337 g/mol. The lowest BCUT2D eigenvalue weighted by atomic mass is 10.2. The second-order valence-corrected chi connectivity index (χ2v) is 7.30. The van der Waals surface area contributed by atoms with E-state index in [1.807, 2.05) is 20.8 Å².